The van der Waals surface area contributed by atoms with Crippen LogP contribution in [0.2, 0.25) is 0 Å². The summed E-state index contributed by atoms with van der Waals surface area (Å²) < 4.78 is 0. The number of hydrogen-bond donors (Lipinski definition) is 0. The Morgan fingerprint density at radius 3 is 0.983 bits per heavy atom. The van der Waals surface area contributed by atoms with E-state index < -0.39 is 0 Å². The molecule has 0 N–H and O–H groups in total. The molecule has 0 aliphatic heterocycles. The van der Waals surface area contributed by atoms with Crippen LogP contribution in [0.3, 0.4) is 0 Å². The zero-order chi connectivity index (χ0) is 40.8. The third-order valence-electron chi connectivity index (χ3n) is 13.3. The number of rotatable bonds is 2. The molecule has 0 saturated heterocycles. The average Bonchev–Trinajstić information content (AvgIpc) is 3.50. The highest BCUT2D eigenvalue weighted by molar-refractivity contribution is 6.39. The minimum atomic E-state index is -0.0100. The van der Waals surface area contributed by atoms with Gasteiger partial charge in [-0.3, -0.25) is 0 Å². The largest absolute Gasteiger partial charge is 0.0616 e. The van der Waals surface area contributed by atoms with Gasteiger partial charge in [0, 0.05) is 0 Å². The summed E-state index contributed by atoms with van der Waals surface area (Å²) in [4.78, 5) is 0. The van der Waals surface area contributed by atoms with E-state index in [1.54, 1.807) is 0 Å². The lowest BCUT2D eigenvalue weighted by Gasteiger charge is -2.29. The second-order valence-electron chi connectivity index (χ2n) is 21.4. The summed E-state index contributed by atoms with van der Waals surface area (Å²) in [7, 11) is 0. The fraction of sp³-hybridized carbons (Fsp3) is 0.276. The van der Waals surface area contributed by atoms with Crippen LogP contribution in [0.25, 0.3) is 98.4 Å². The summed E-state index contributed by atoms with van der Waals surface area (Å²) in [5.74, 6) is 0. The molecule has 0 radical (unpaired) electrons. The summed E-state index contributed by atoms with van der Waals surface area (Å²) >= 11 is 0. The van der Waals surface area contributed by atoms with E-state index >= 15 is 0 Å². The maximum absolute atomic E-state index is 2.51. The molecule has 0 spiro atoms. The van der Waals surface area contributed by atoms with E-state index in [2.05, 4.69) is 204 Å². The van der Waals surface area contributed by atoms with Crippen LogP contribution >= 0.6 is 0 Å². The molecule has 0 atom stereocenters. The molecule has 0 nitrogen and oxygen atoms in total. The minimum Gasteiger partial charge on any atom is -0.0616 e. The first-order valence-electron chi connectivity index (χ1n) is 21.4. The van der Waals surface area contributed by atoms with Crippen LogP contribution in [0.15, 0.2) is 121 Å². The smallest absolute Gasteiger partial charge is 0.000740 e. The number of fused-ring (bicyclic) bond motifs is 6. The van der Waals surface area contributed by atoms with Crippen LogP contribution in [-0.4, -0.2) is 0 Å². The molecule has 0 fully saturated rings. The van der Waals surface area contributed by atoms with Crippen LogP contribution in [0.5, 0.6) is 0 Å². The Bertz CT molecular complexity index is 2900. The van der Waals surface area contributed by atoms with Crippen LogP contribution in [-0.2, 0) is 21.7 Å². The van der Waals surface area contributed by atoms with Crippen molar-refractivity contribution in [3.8, 4) is 44.5 Å². The van der Waals surface area contributed by atoms with Crippen LogP contribution in [0, 0.1) is 0 Å². The molecule has 0 unspecified atom stereocenters. The second kappa shape index (κ2) is 12.0. The van der Waals surface area contributed by atoms with E-state index in [1.807, 2.05) is 0 Å². The van der Waals surface area contributed by atoms with Gasteiger partial charge in [0.1, 0.15) is 0 Å². The third-order valence-corrected chi connectivity index (χ3v) is 13.3. The SMILES string of the molecule is CC(C)(C)c1cc(-c2c3c(c(-c4cc(C(C)(C)C)cc(C(C)(C)C)c4)c4ccccc24)-c2ccc4c5cccc6cccc(c7ccc-3c2c74)c65)cc(C(C)(C)C)c1. The molecule has 288 valence electrons. The molecule has 0 heteroatoms. The first-order valence-corrected chi connectivity index (χ1v) is 21.4. The first-order chi connectivity index (χ1) is 27.3. The van der Waals surface area contributed by atoms with E-state index in [9.17, 15) is 0 Å². The lowest BCUT2D eigenvalue weighted by atomic mass is 9.75. The van der Waals surface area contributed by atoms with Crippen molar-refractivity contribution in [1.29, 1.82) is 0 Å². The van der Waals surface area contributed by atoms with Crippen molar-refractivity contribution < 1.29 is 0 Å². The highest BCUT2D eigenvalue weighted by atomic mass is 14.4. The fourth-order valence-electron chi connectivity index (χ4n) is 10.0. The lowest BCUT2D eigenvalue weighted by Crippen LogP contribution is -2.17. The van der Waals surface area contributed by atoms with Crippen molar-refractivity contribution in [3.05, 3.63) is 144 Å². The molecular weight excluding hydrogens is 697 g/mol. The third kappa shape index (κ3) is 5.40. The molecule has 1 aliphatic rings. The highest BCUT2D eigenvalue weighted by Crippen LogP contribution is 2.60. The molecule has 0 saturated carbocycles. The molecule has 10 rings (SSSR count). The number of hydrogen-bond acceptors (Lipinski definition) is 0. The molecule has 0 heterocycles. The Kier molecular flexibility index (Phi) is 7.65. The van der Waals surface area contributed by atoms with Gasteiger partial charge in [-0.25, -0.2) is 0 Å². The summed E-state index contributed by atoms with van der Waals surface area (Å²) in [6.45, 7) is 28.3. The topological polar surface area (TPSA) is 0 Å². The first kappa shape index (κ1) is 36.9. The van der Waals surface area contributed by atoms with Gasteiger partial charge in [-0.05, 0) is 142 Å². The second-order valence-corrected chi connectivity index (χ2v) is 21.4. The van der Waals surface area contributed by atoms with Crippen molar-refractivity contribution in [1.82, 2.24) is 0 Å². The Morgan fingerprint density at radius 1 is 0.276 bits per heavy atom. The van der Waals surface area contributed by atoms with Crippen molar-refractivity contribution in [2.45, 2.75) is 105 Å². The highest BCUT2D eigenvalue weighted by Gasteiger charge is 2.34. The van der Waals surface area contributed by atoms with Gasteiger partial charge in [0.25, 0.3) is 0 Å². The van der Waals surface area contributed by atoms with Crippen molar-refractivity contribution >= 4 is 53.9 Å². The van der Waals surface area contributed by atoms with Gasteiger partial charge in [0.2, 0.25) is 0 Å². The van der Waals surface area contributed by atoms with E-state index in [-0.39, 0.29) is 21.7 Å². The zero-order valence-electron chi connectivity index (χ0n) is 36.5. The Balaban J connectivity index is 1.44. The molecule has 0 bridgehead atoms. The lowest BCUT2D eigenvalue weighted by molar-refractivity contribution is 0.568. The normalized spacial score (nSPS) is 13.5. The standard InChI is InChI=1S/C58H56/c1-55(2,3)36-27-34(28-37(31-36)56(4,5)6)49-42-19-13-14-20-43(42)50(35-29-38(57(7,8)9)32-39(30-35)58(10,11)12)54-47-26-24-45-41-22-16-18-33-17-15-21-40(48(33)41)44-23-25-46(53(49)54)52(47)51(44)45/h13-32H,1-12H3. The Hall–Kier alpha value is -5.46. The number of benzene rings is 9. The van der Waals surface area contributed by atoms with E-state index in [1.165, 1.54) is 121 Å². The summed E-state index contributed by atoms with van der Waals surface area (Å²) in [6.07, 6.45) is 0. The van der Waals surface area contributed by atoms with Gasteiger partial charge in [0.15, 0.2) is 0 Å². The molecule has 9 aromatic carbocycles. The van der Waals surface area contributed by atoms with Gasteiger partial charge < -0.3 is 0 Å². The average molecular weight is 753 g/mol. The predicted molar refractivity (Wildman–Crippen MR) is 255 cm³/mol. The van der Waals surface area contributed by atoms with Gasteiger partial charge in [-0.1, -0.05) is 204 Å². The monoisotopic (exact) mass is 752 g/mol. The molecule has 9 aromatic rings. The molecule has 58 heavy (non-hydrogen) atoms. The molecule has 0 amide bonds. The zero-order valence-corrected chi connectivity index (χ0v) is 36.5. The van der Waals surface area contributed by atoms with Gasteiger partial charge >= 0.3 is 0 Å². The van der Waals surface area contributed by atoms with Gasteiger partial charge in [0.05, 0.1) is 0 Å². The Labute approximate surface area is 345 Å². The quantitative estimate of drug-likeness (QED) is 0.122. The van der Waals surface area contributed by atoms with E-state index in [4.69, 9.17) is 0 Å². The minimum absolute atomic E-state index is 0.0100. The van der Waals surface area contributed by atoms with Crippen LogP contribution < -0.4 is 0 Å². The molecular formula is C58H56. The van der Waals surface area contributed by atoms with Gasteiger partial charge in [-0.15, -0.1) is 0 Å². The molecule has 1 aliphatic carbocycles. The van der Waals surface area contributed by atoms with Crippen molar-refractivity contribution in [2.75, 3.05) is 0 Å². The maximum atomic E-state index is 2.51. The van der Waals surface area contributed by atoms with E-state index in [0.29, 0.717) is 0 Å². The Morgan fingerprint density at radius 2 is 0.621 bits per heavy atom. The summed E-state index contributed by atoms with van der Waals surface area (Å²) in [5.41, 5.74) is 16.2. The van der Waals surface area contributed by atoms with E-state index in [0.717, 1.165) is 0 Å². The summed E-state index contributed by atoms with van der Waals surface area (Å²) in [5, 5.41) is 13.4. The van der Waals surface area contributed by atoms with Crippen molar-refractivity contribution in [2.24, 2.45) is 0 Å². The predicted octanol–water partition coefficient (Wildman–Crippen LogP) is 17.1. The summed E-state index contributed by atoms with van der Waals surface area (Å²) in [6, 6.07) is 47.7. The van der Waals surface area contributed by atoms with Crippen LogP contribution in [0.1, 0.15) is 105 Å². The van der Waals surface area contributed by atoms with Crippen molar-refractivity contribution in [3.63, 3.8) is 0 Å². The van der Waals surface area contributed by atoms with Crippen LogP contribution in [0.4, 0.5) is 0 Å². The van der Waals surface area contributed by atoms with Gasteiger partial charge in [-0.2, -0.15) is 0 Å². The fourth-order valence-corrected chi connectivity index (χ4v) is 10.0. The maximum Gasteiger partial charge on any atom is -0.000740 e. The molecule has 0 aromatic heterocycles.